The molecule has 1 amide bonds. The van der Waals surface area contributed by atoms with Gasteiger partial charge in [-0.2, -0.15) is 0 Å². The number of benzene rings is 1. The van der Waals surface area contributed by atoms with E-state index in [9.17, 15) is 4.79 Å². The smallest absolute Gasteiger partial charge is 0.248 e. The molecule has 0 aliphatic carbocycles. The van der Waals surface area contributed by atoms with Crippen LogP contribution in [0.2, 0.25) is 5.02 Å². The van der Waals surface area contributed by atoms with E-state index in [1.165, 1.54) is 0 Å². The van der Waals surface area contributed by atoms with Crippen LogP contribution in [0.25, 0.3) is 0 Å². The van der Waals surface area contributed by atoms with Gasteiger partial charge in [-0.05, 0) is 30.2 Å². The lowest BCUT2D eigenvalue weighted by atomic mass is 10.1. The monoisotopic (exact) mass is 254 g/mol. The molecular formula is C13H19ClN2O. The molecule has 0 fully saturated rings. The number of carbonyl (C=O) groups is 1. The van der Waals surface area contributed by atoms with Crippen molar-refractivity contribution < 1.29 is 4.79 Å². The molecule has 1 rings (SSSR count). The van der Waals surface area contributed by atoms with Gasteiger partial charge in [0.1, 0.15) is 0 Å². The number of nitrogens with one attached hydrogen (secondary N) is 1. The standard InChI is InChI=1S/C13H19ClN2O/c1-3-9(2)7-16-8-11-5-4-10(13(15)17)6-12(11)14/h4-6,9,16H,3,7-8H2,1-2H3,(H2,15,17). The molecule has 0 radical (unpaired) electrons. The van der Waals surface area contributed by atoms with Gasteiger partial charge in [-0.25, -0.2) is 0 Å². The predicted molar refractivity (Wildman–Crippen MR) is 71.1 cm³/mol. The van der Waals surface area contributed by atoms with Gasteiger partial charge in [-0.15, -0.1) is 0 Å². The van der Waals surface area contributed by atoms with Crippen molar-refractivity contribution >= 4 is 17.5 Å². The maximum Gasteiger partial charge on any atom is 0.248 e. The van der Waals surface area contributed by atoms with Crippen LogP contribution in [0.1, 0.15) is 36.2 Å². The van der Waals surface area contributed by atoms with Crippen LogP contribution in [0, 0.1) is 5.92 Å². The van der Waals surface area contributed by atoms with Crippen LogP contribution in [0.5, 0.6) is 0 Å². The van der Waals surface area contributed by atoms with E-state index in [4.69, 9.17) is 17.3 Å². The summed E-state index contributed by atoms with van der Waals surface area (Å²) in [5, 5.41) is 3.92. The number of hydrogen-bond acceptors (Lipinski definition) is 2. The fraction of sp³-hybridized carbons (Fsp3) is 0.462. The first kappa shape index (κ1) is 14.0. The van der Waals surface area contributed by atoms with Crippen LogP contribution in [0.3, 0.4) is 0 Å². The Hall–Kier alpha value is -1.06. The minimum absolute atomic E-state index is 0.445. The molecule has 1 aromatic rings. The second kappa shape index (κ2) is 6.62. The normalized spacial score (nSPS) is 12.4. The summed E-state index contributed by atoms with van der Waals surface area (Å²) >= 11 is 6.07. The zero-order valence-electron chi connectivity index (χ0n) is 10.3. The van der Waals surface area contributed by atoms with E-state index in [1.54, 1.807) is 12.1 Å². The first-order valence-electron chi connectivity index (χ1n) is 5.83. The zero-order valence-corrected chi connectivity index (χ0v) is 11.1. The van der Waals surface area contributed by atoms with Crippen molar-refractivity contribution in [3.8, 4) is 0 Å². The van der Waals surface area contributed by atoms with Crippen LogP contribution >= 0.6 is 11.6 Å². The molecule has 94 valence electrons. The highest BCUT2D eigenvalue weighted by Crippen LogP contribution is 2.17. The molecule has 0 bridgehead atoms. The molecule has 3 N–H and O–H groups in total. The summed E-state index contributed by atoms with van der Waals surface area (Å²) in [6.07, 6.45) is 1.15. The van der Waals surface area contributed by atoms with Crippen molar-refractivity contribution in [2.24, 2.45) is 11.7 Å². The molecule has 1 aromatic carbocycles. The number of rotatable bonds is 6. The summed E-state index contributed by atoms with van der Waals surface area (Å²) in [6.45, 7) is 6.04. The Morgan fingerprint density at radius 2 is 2.24 bits per heavy atom. The zero-order chi connectivity index (χ0) is 12.8. The quantitative estimate of drug-likeness (QED) is 0.820. The Labute approximate surface area is 107 Å². The number of nitrogens with two attached hydrogens (primary N) is 1. The predicted octanol–water partition coefficient (Wildman–Crippen LogP) is 2.57. The SMILES string of the molecule is CCC(C)CNCc1ccc(C(N)=O)cc1Cl. The summed E-state index contributed by atoms with van der Waals surface area (Å²) < 4.78 is 0. The molecule has 0 heterocycles. The van der Waals surface area contributed by atoms with Gasteiger partial charge < -0.3 is 11.1 Å². The Bertz CT molecular complexity index is 393. The van der Waals surface area contributed by atoms with Gasteiger partial charge in [0.05, 0.1) is 0 Å². The van der Waals surface area contributed by atoms with Gasteiger partial charge in [-0.1, -0.05) is 37.9 Å². The van der Waals surface area contributed by atoms with Crippen molar-refractivity contribution in [2.75, 3.05) is 6.54 Å². The molecule has 0 aromatic heterocycles. The molecule has 1 atom stereocenters. The molecule has 0 aliphatic rings. The van der Waals surface area contributed by atoms with Gasteiger partial charge in [0.15, 0.2) is 0 Å². The summed E-state index contributed by atoms with van der Waals surface area (Å²) in [5.74, 6) is 0.199. The van der Waals surface area contributed by atoms with E-state index in [2.05, 4.69) is 19.2 Å². The molecule has 0 saturated heterocycles. The number of halogens is 1. The van der Waals surface area contributed by atoms with Gasteiger partial charge >= 0.3 is 0 Å². The third-order valence-corrected chi connectivity index (χ3v) is 3.19. The molecule has 1 unspecified atom stereocenters. The van der Waals surface area contributed by atoms with Crippen molar-refractivity contribution in [3.05, 3.63) is 34.3 Å². The lowest BCUT2D eigenvalue weighted by Crippen LogP contribution is -2.20. The summed E-state index contributed by atoms with van der Waals surface area (Å²) in [5.41, 5.74) is 6.61. The van der Waals surface area contributed by atoms with Crippen LogP contribution in [0.4, 0.5) is 0 Å². The van der Waals surface area contributed by atoms with Crippen molar-refractivity contribution in [1.82, 2.24) is 5.32 Å². The number of carbonyl (C=O) groups excluding carboxylic acids is 1. The molecule has 0 aliphatic heterocycles. The molecular weight excluding hydrogens is 236 g/mol. The van der Waals surface area contributed by atoms with E-state index >= 15 is 0 Å². The lowest BCUT2D eigenvalue weighted by Gasteiger charge is -2.11. The van der Waals surface area contributed by atoms with Crippen LogP contribution in [-0.2, 0) is 6.54 Å². The van der Waals surface area contributed by atoms with Crippen molar-refractivity contribution in [2.45, 2.75) is 26.8 Å². The minimum atomic E-state index is -0.453. The average molecular weight is 255 g/mol. The van der Waals surface area contributed by atoms with E-state index in [1.807, 2.05) is 6.07 Å². The number of amides is 1. The summed E-state index contributed by atoms with van der Waals surface area (Å²) in [6, 6.07) is 5.16. The Morgan fingerprint density at radius 3 is 2.76 bits per heavy atom. The largest absolute Gasteiger partial charge is 0.366 e. The fourth-order valence-electron chi connectivity index (χ4n) is 1.44. The van der Waals surface area contributed by atoms with E-state index in [-0.39, 0.29) is 0 Å². The Morgan fingerprint density at radius 1 is 1.53 bits per heavy atom. The topological polar surface area (TPSA) is 55.1 Å². The maximum absolute atomic E-state index is 11.0. The highest BCUT2D eigenvalue weighted by atomic mass is 35.5. The van der Waals surface area contributed by atoms with Gasteiger partial charge in [0.2, 0.25) is 5.91 Å². The molecule has 3 nitrogen and oxygen atoms in total. The van der Waals surface area contributed by atoms with Gasteiger partial charge in [-0.3, -0.25) is 4.79 Å². The summed E-state index contributed by atoms with van der Waals surface area (Å²) in [4.78, 5) is 11.0. The molecule has 4 heteroatoms. The van der Waals surface area contributed by atoms with Crippen LogP contribution in [0.15, 0.2) is 18.2 Å². The first-order chi connectivity index (χ1) is 8.04. The second-order valence-corrected chi connectivity index (χ2v) is 4.72. The average Bonchev–Trinajstić information content (AvgIpc) is 2.30. The van der Waals surface area contributed by atoms with E-state index in [0.717, 1.165) is 18.5 Å². The minimum Gasteiger partial charge on any atom is -0.366 e. The number of hydrogen-bond donors (Lipinski definition) is 2. The van der Waals surface area contributed by atoms with Crippen molar-refractivity contribution in [1.29, 1.82) is 0 Å². The third kappa shape index (κ3) is 4.36. The highest BCUT2D eigenvalue weighted by molar-refractivity contribution is 6.31. The van der Waals surface area contributed by atoms with Crippen LogP contribution in [-0.4, -0.2) is 12.5 Å². The molecule has 0 saturated carbocycles. The molecule has 0 spiro atoms. The van der Waals surface area contributed by atoms with Crippen molar-refractivity contribution in [3.63, 3.8) is 0 Å². The second-order valence-electron chi connectivity index (χ2n) is 4.31. The highest BCUT2D eigenvalue weighted by Gasteiger charge is 2.06. The maximum atomic E-state index is 11.0. The van der Waals surface area contributed by atoms with Crippen LogP contribution < -0.4 is 11.1 Å². The third-order valence-electron chi connectivity index (χ3n) is 2.84. The molecule has 17 heavy (non-hydrogen) atoms. The number of primary amides is 1. The van der Waals surface area contributed by atoms with Gasteiger partial charge in [0.25, 0.3) is 0 Å². The summed E-state index contributed by atoms with van der Waals surface area (Å²) in [7, 11) is 0. The van der Waals surface area contributed by atoms with E-state index < -0.39 is 5.91 Å². The van der Waals surface area contributed by atoms with Gasteiger partial charge in [0, 0.05) is 17.1 Å². The Kier molecular flexibility index (Phi) is 5.45. The van der Waals surface area contributed by atoms with E-state index in [0.29, 0.717) is 23.0 Å². The fourth-order valence-corrected chi connectivity index (χ4v) is 1.69. The lowest BCUT2D eigenvalue weighted by molar-refractivity contribution is 0.100. The first-order valence-corrected chi connectivity index (χ1v) is 6.21. The Balaban J connectivity index is 2.57.